The van der Waals surface area contributed by atoms with Crippen molar-refractivity contribution in [3.05, 3.63) is 29.3 Å². The number of cyclic esters (lactones) is 1. The highest BCUT2D eigenvalue weighted by Crippen LogP contribution is 2.28. The lowest BCUT2D eigenvalue weighted by molar-refractivity contribution is -0.139. The fourth-order valence-electron chi connectivity index (χ4n) is 2.27. The van der Waals surface area contributed by atoms with Gasteiger partial charge in [0.15, 0.2) is 6.04 Å². The predicted octanol–water partition coefficient (Wildman–Crippen LogP) is 2.10. The molecule has 1 saturated heterocycles. The van der Waals surface area contributed by atoms with E-state index in [0.717, 1.165) is 11.1 Å². The Bertz CT molecular complexity index is 491. The number of hydrogen-bond donors (Lipinski definition) is 1. The van der Waals surface area contributed by atoms with Gasteiger partial charge in [0.25, 0.3) is 0 Å². The lowest BCUT2D eigenvalue weighted by atomic mass is 10.1. The maximum atomic E-state index is 11.8. The molecular weight excluding hydrogens is 234 g/mol. The van der Waals surface area contributed by atoms with Crippen LogP contribution in [0.3, 0.4) is 0 Å². The first-order valence-corrected chi connectivity index (χ1v) is 5.71. The Labute approximate surface area is 105 Å². The van der Waals surface area contributed by atoms with E-state index in [-0.39, 0.29) is 0 Å². The van der Waals surface area contributed by atoms with Gasteiger partial charge < -0.3 is 9.84 Å². The van der Waals surface area contributed by atoms with Crippen LogP contribution in [0.5, 0.6) is 0 Å². The number of benzene rings is 1. The molecule has 0 aliphatic carbocycles. The maximum absolute atomic E-state index is 11.8. The van der Waals surface area contributed by atoms with Crippen molar-refractivity contribution >= 4 is 17.7 Å². The fraction of sp³-hybridized carbons (Fsp3) is 0.385. The second kappa shape index (κ2) is 4.33. The first kappa shape index (κ1) is 12.4. The van der Waals surface area contributed by atoms with Crippen LogP contribution in [0.4, 0.5) is 10.5 Å². The van der Waals surface area contributed by atoms with Crippen molar-refractivity contribution in [3.63, 3.8) is 0 Å². The molecule has 1 N–H and O–H groups in total. The Kier molecular flexibility index (Phi) is 2.98. The van der Waals surface area contributed by atoms with Crippen LogP contribution in [0.1, 0.15) is 18.1 Å². The molecule has 2 rings (SSSR count). The molecule has 5 nitrogen and oxygen atoms in total. The molecule has 1 heterocycles. The summed E-state index contributed by atoms with van der Waals surface area (Å²) in [5.41, 5.74) is 2.51. The summed E-state index contributed by atoms with van der Waals surface area (Å²) < 4.78 is 4.99. The number of nitrogens with zero attached hydrogens (tertiary/aromatic N) is 1. The molecule has 0 spiro atoms. The highest BCUT2D eigenvalue weighted by molar-refractivity contribution is 5.98. The van der Waals surface area contributed by atoms with E-state index in [0.29, 0.717) is 5.69 Å². The first-order chi connectivity index (χ1) is 8.40. The van der Waals surface area contributed by atoms with Gasteiger partial charge in [-0.25, -0.2) is 9.59 Å². The standard InChI is InChI=1S/C13H15NO4/c1-7-4-8(2)6-10(5-7)14-11(12(15)16)9(3)18-13(14)17/h4-6,9,11H,1-3H3,(H,15,16). The number of rotatable bonds is 2. The number of carbonyl (C=O) groups excluding carboxylic acids is 1. The van der Waals surface area contributed by atoms with E-state index in [1.165, 1.54) is 4.90 Å². The summed E-state index contributed by atoms with van der Waals surface area (Å²) >= 11 is 0. The number of carboxylic acid groups (broad SMARTS) is 1. The Morgan fingerprint density at radius 3 is 2.33 bits per heavy atom. The molecule has 2 unspecified atom stereocenters. The number of ether oxygens (including phenoxy) is 1. The monoisotopic (exact) mass is 249 g/mol. The minimum Gasteiger partial charge on any atom is -0.480 e. The Hall–Kier alpha value is -2.04. The van der Waals surface area contributed by atoms with Gasteiger partial charge in [-0.05, 0) is 44.0 Å². The summed E-state index contributed by atoms with van der Waals surface area (Å²) in [6, 6.07) is 4.55. The molecular formula is C13H15NO4. The van der Waals surface area contributed by atoms with Gasteiger partial charge in [0.2, 0.25) is 0 Å². The van der Waals surface area contributed by atoms with Gasteiger partial charge in [0, 0.05) is 5.69 Å². The van der Waals surface area contributed by atoms with E-state index in [2.05, 4.69) is 0 Å². The second-order valence-electron chi connectivity index (χ2n) is 4.59. The van der Waals surface area contributed by atoms with Gasteiger partial charge in [0.1, 0.15) is 6.10 Å². The number of carbonyl (C=O) groups is 2. The minimum atomic E-state index is -1.06. The topological polar surface area (TPSA) is 66.8 Å². The Morgan fingerprint density at radius 1 is 1.28 bits per heavy atom. The van der Waals surface area contributed by atoms with Gasteiger partial charge in [-0.2, -0.15) is 0 Å². The third kappa shape index (κ3) is 2.03. The van der Waals surface area contributed by atoms with Gasteiger partial charge in [-0.3, -0.25) is 4.90 Å². The number of aryl methyl sites for hydroxylation is 2. The highest BCUT2D eigenvalue weighted by Gasteiger charge is 2.45. The third-order valence-corrected chi connectivity index (χ3v) is 2.94. The lowest BCUT2D eigenvalue weighted by Gasteiger charge is -2.20. The van der Waals surface area contributed by atoms with Crippen molar-refractivity contribution in [2.45, 2.75) is 32.9 Å². The molecule has 0 saturated carbocycles. The number of carboxylic acids is 1. The van der Waals surface area contributed by atoms with E-state index in [1.54, 1.807) is 19.1 Å². The average Bonchev–Trinajstić information content (AvgIpc) is 2.51. The van der Waals surface area contributed by atoms with Crippen LogP contribution >= 0.6 is 0 Å². The summed E-state index contributed by atoms with van der Waals surface area (Å²) in [7, 11) is 0. The van der Waals surface area contributed by atoms with E-state index >= 15 is 0 Å². The molecule has 18 heavy (non-hydrogen) atoms. The molecule has 1 amide bonds. The number of anilines is 1. The van der Waals surface area contributed by atoms with E-state index in [4.69, 9.17) is 4.74 Å². The molecule has 1 aromatic carbocycles. The van der Waals surface area contributed by atoms with Crippen LogP contribution in [0.15, 0.2) is 18.2 Å². The zero-order valence-electron chi connectivity index (χ0n) is 10.5. The van der Waals surface area contributed by atoms with Crippen molar-refractivity contribution in [2.24, 2.45) is 0 Å². The molecule has 1 aliphatic rings. The fourth-order valence-corrected chi connectivity index (χ4v) is 2.27. The summed E-state index contributed by atoms with van der Waals surface area (Å²) in [6.45, 7) is 5.38. The molecule has 0 radical (unpaired) electrons. The van der Waals surface area contributed by atoms with Gasteiger partial charge in [-0.1, -0.05) is 6.07 Å². The Balaban J connectivity index is 2.46. The van der Waals surface area contributed by atoms with Crippen molar-refractivity contribution in [3.8, 4) is 0 Å². The van der Waals surface area contributed by atoms with Crippen LogP contribution in [0.2, 0.25) is 0 Å². The molecule has 2 atom stereocenters. The normalized spacial score (nSPS) is 23.1. The van der Waals surface area contributed by atoms with Crippen molar-refractivity contribution in [2.75, 3.05) is 4.90 Å². The van der Waals surface area contributed by atoms with Crippen molar-refractivity contribution in [1.29, 1.82) is 0 Å². The van der Waals surface area contributed by atoms with Gasteiger partial charge >= 0.3 is 12.1 Å². The van der Waals surface area contributed by atoms with Gasteiger partial charge in [-0.15, -0.1) is 0 Å². The zero-order chi connectivity index (χ0) is 13.4. The van der Waals surface area contributed by atoms with Crippen molar-refractivity contribution in [1.82, 2.24) is 0 Å². The van der Waals surface area contributed by atoms with Crippen LogP contribution in [-0.2, 0) is 9.53 Å². The average molecular weight is 249 g/mol. The van der Waals surface area contributed by atoms with Crippen LogP contribution in [0.25, 0.3) is 0 Å². The molecule has 0 bridgehead atoms. The molecule has 0 aromatic heterocycles. The molecule has 1 aromatic rings. The minimum absolute atomic E-state index is 0.564. The summed E-state index contributed by atoms with van der Waals surface area (Å²) in [5, 5.41) is 9.20. The maximum Gasteiger partial charge on any atom is 0.415 e. The largest absolute Gasteiger partial charge is 0.480 e. The molecule has 1 fully saturated rings. The summed E-state index contributed by atoms with van der Waals surface area (Å²) in [4.78, 5) is 24.2. The van der Waals surface area contributed by atoms with Gasteiger partial charge in [0.05, 0.1) is 0 Å². The van der Waals surface area contributed by atoms with Crippen LogP contribution in [0, 0.1) is 13.8 Å². The summed E-state index contributed by atoms with van der Waals surface area (Å²) in [5.74, 6) is -1.06. The quantitative estimate of drug-likeness (QED) is 0.871. The third-order valence-electron chi connectivity index (χ3n) is 2.94. The van der Waals surface area contributed by atoms with Crippen LogP contribution in [-0.4, -0.2) is 29.3 Å². The van der Waals surface area contributed by atoms with E-state index in [1.807, 2.05) is 19.9 Å². The lowest BCUT2D eigenvalue weighted by Crippen LogP contribution is -2.42. The van der Waals surface area contributed by atoms with E-state index in [9.17, 15) is 14.7 Å². The zero-order valence-corrected chi connectivity index (χ0v) is 10.5. The van der Waals surface area contributed by atoms with Crippen LogP contribution < -0.4 is 4.90 Å². The smallest absolute Gasteiger partial charge is 0.415 e. The number of aliphatic carboxylic acids is 1. The Morgan fingerprint density at radius 2 is 1.83 bits per heavy atom. The molecule has 5 heteroatoms. The van der Waals surface area contributed by atoms with E-state index < -0.39 is 24.2 Å². The number of amides is 1. The molecule has 1 aliphatic heterocycles. The summed E-state index contributed by atoms with van der Waals surface area (Å²) in [6.07, 6.45) is -1.27. The second-order valence-corrected chi connectivity index (χ2v) is 4.59. The first-order valence-electron chi connectivity index (χ1n) is 5.71. The molecule has 96 valence electrons. The highest BCUT2D eigenvalue weighted by atomic mass is 16.6. The number of hydrogen-bond acceptors (Lipinski definition) is 3. The predicted molar refractivity (Wildman–Crippen MR) is 65.8 cm³/mol. The van der Waals surface area contributed by atoms with Crippen molar-refractivity contribution < 1.29 is 19.4 Å². The SMILES string of the molecule is Cc1cc(C)cc(N2C(=O)OC(C)C2C(=O)O)c1.